The first kappa shape index (κ1) is 11.5. The van der Waals surface area contributed by atoms with E-state index < -0.39 is 17.1 Å². The number of nitrogens with one attached hydrogen (secondary N) is 1. The summed E-state index contributed by atoms with van der Waals surface area (Å²) in [4.78, 5) is 26.1. The van der Waals surface area contributed by atoms with Crippen LogP contribution in [0.5, 0.6) is 0 Å². The number of rotatable bonds is 3. The molecule has 0 saturated carbocycles. The Bertz CT molecular complexity index is 660. The number of benzene rings is 1. The van der Waals surface area contributed by atoms with Crippen LogP contribution in [0.15, 0.2) is 27.8 Å². The summed E-state index contributed by atoms with van der Waals surface area (Å²) in [6, 6.07) is 3.69. The molecule has 6 heteroatoms. The third-order valence-electron chi connectivity index (χ3n) is 2.53. The lowest BCUT2D eigenvalue weighted by Gasteiger charge is -2.05. The van der Waals surface area contributed by atoms with Gasteiger partial charge in [0.2, 0.25) is 0 Å². The van der Waals surface area contributed by atoms with Crippen molar-refractivity contribution in [2.75, 3.05) is 6.54 Å². The van der Waals surface area contributed by atoms with E-state index in [2.05, 4.69) is 4.98 Å². The Morgan fingerprint density at radius 2 is 2.12 bits per heavy atom. The van der Waals surface area contributed by atoms with Crippen molar-refractivity contribution in [2.45, 2.75) is 13.0 Å². The van der Waals surface area contributed by atoms with E-state index in [1.165, 1.54) is 12.1 Å². The fourth-order valence-electron chi connectivity index (χ4n) is 1.68. The zero-order valence-electron chi connectivity index (χ0n) is 9.07. The smallest absolute Gasteiger partial charge is 0.328 e. The van der Waals surface area contributed by atoms with E-state index in [1.54, 1.807) is 0 Å². The Balaban J connectivity index is 2.69. The maximum absolute atomic E-state index is 13.0. The van der Waals surface area contributed by atoms with E-state index in [9.17, 15) is 14.0 Å². The minimum atomic E-state index is -0.507. The van der Waals surface area contributed by atoms with Crippen LogP contribution in [-0.2, 0) is 6.54 Å². The molecule has 0 radical (unpaired) electrons. The minimum Gasteiger partial charge on any atom is -0.330 e. The molecule has 0 aliphatic heterocycles. The molecule has 0 aliphatic rings. The van der Waals surface area contributed by atoms with Gasteiger partial charge >= 0.3 is 5.69 Å². The average Bonchev–Trinajstić information content (AvgIpc) is 2.30. The molecular weight excluding hydrogens is 225 g/mol. The number of nitrogens with two attached hydrogens (primary N) is 1. The van der Waals surface area contributed by atoms with Crippen LogP contribution in [-0.4, -0.2) is 16.1 Å². The molecule has 0 bridgehead atoms. The molecule has 3 N–H and O–H groups in total. The van der Waals surface area contributed by atoms with Gasteiger partial charge < -0.3 is 10.7 Å². The number of hydrogen-bond donors (Lipinski definition) is 2. The number of hydrogen-bond acceptors (Lipinski definition) is 3. The Kier molecular flexibility index (Phi) is 3.06. The summed E-state index contributed by atoms with van der Waals surface area (Å²) in [5.41, 5.74) is 4.68. The molecule has 17 heavy (non-hydrogen) atoms. The minimum absolute atomic E-state index is 0.168. The fraction of sp³-hybridized carbons (Fsp3) is 0.273. The number of nitrogens with zero attached hydrogens (tertiary/aromatic N) is 1. The maximum Gasteiger partial charge on any atom is 0.328 e. The predicted octanol–water partition coefficient (Wildman–Crippen LogP) is 0.178. The van der Waals surface area contributed by atoms with Crippen molar-refractivity contribution in [3.63, 3.8) is 0 Å². The van der Waals surface area contributed by atoms with E-state index in [4.69, 9.17) is 5.73 Å². The molecule has 1 aromatic carbocycles. The molecule has 0 spiro atoms. The van der Waals surface area contributed by atoms with E-state index in [1.807, 2.05) is 0 Å². The van der Waals surface area contributed by atoms with Gasteiger partial charge in [-0.1, -0.05) is 0 Å². The summed E-state index contributed by atoms with van der Waals surface area (Å²) in [6.07, 6.45) is 0.518. The van der Waals surface area contributed by atoms with Gasteiger partial charge in [0.15, 0.2) is 0 Å². The van der Waals surface area contributed by atoms with Gasteiger partial charge in [-0.05, 0) is 31.2 Å². The molecule has 2 aromatic rings. The highest BCUT2D eigenvalue weighted by atomic mass is 19.1. The van der Waals surface area contributed by atoms with E-state index in [-0.39, 0.29) is 11.9 Å². The number of fused-ring (bicyclic) bond motifs is 1. The van der Waals surface area contributed by atoms with Crippen LogP contribution in [0.1, 0.15) is 6.42 Å². The van der Waals surface area contributed by atoms with Crippen molar-refractivity contribution in [1.29, 1.82) is 0 Å². The molecule has 0 amide bonds. The summed E-state index contributed by atoms with van der Waals surface area (Å²) in [5, 5.41) is 0.168. The zero-order valence-corrected chi connectivity index (χ0v) is 9.07. The molecule has 0 unspecified atom stereocenters. The molecular formula is C11H12FN3O2. The Hall–Kier alpha value is -1.95. The molecule has 0 saturated heterocycles. The molecule has 0 fully saturated rings. The van der Waals surface area contributed by atoms with Crippen molar-refractivity contribution >= 4 is 10.9 Å². The molecule has 90 valence electrons. The lowest BCUT2D eigenvalue weighted by Crippen LogP contribution is -2.35. The summed E-state index contributed by atoms with van der Waals surface area (Å²) in [5.74, 6) is -0.507. The quantitative estimate of drug-likeness (QED) is 0.798. The summed E-state index contributed by atoms with van der Waals surface area (Å²) in [7, 11) is 0. The van der Waals surface area contributed by atoms with E-state index in [0.717, 1.165) is 10.6 Å². The fourth-order valence-corrected chi connectivity index (χ4v) is 1.68. The Morgan fingerprint density at radius 1 is 1.35 bits per heavy atom. The number of H-pyrrole nitrogens is 1. The van der Waals surface area contributed by atoms with Gasteiger partial charge in [-0.3, -0.25) is 9.36 Å². The summed E-state index contributed by atoms with van der Waals surface area (Å²) in [6.45, 7) is 0.615. The lowest BCUT2D eigenvalue weighted by molar-refractivity contribution is 0.601. The van der Waals surface area contributed by atoms with Crippen LogP contribution in [0.2, 0.25) is 0 Å². The first-order valence-corrected chi connectivity index (χ1v) is 5.26. The average molecular weight is 237 g/mol. The molecule has 5 nitrogen and oxygen atoms in total. The number of aromatic nitrogens is 2. The maximum atomic E-state index is 13.0. The largest absolute Gasteiger partial charge is 0.330 e. The van der Waals surface area contributed by atoms with Gasteiger partial charge in [0, 0.05) is 6.54 Å². The third kappa shape index (κ3) is 2.12. The van der Waals surface area contributed by atoms with Crippen molar-refractivity contribution in [3.05, 3.63) is 44.9 Å². The first-order chi connectivity index (χ1) is 8.13. The summed E-state index contributed by atoms with van der Waals surface area (Å²) >= 11 is 0. The van der Waals surface area contributed by atoms with Crippen LogP contribution in [0.3, 0.4) is 0 Å². The highest BCUT2D eigenvalue weighted by Crippen LogP contribution is 2.07. The highest BCUT2D eigenvalue weighted by Gasteiger charge is 2.07. The first-order valence-electron chi connectivity index (χ1n) is 5.26. The van der Waals surface area contributed by atoms with Crippen molar-refractivity contribution in [1.82, 2.24) is 9.55 Å². The standard InChI is InChI=1S/C11H12FN3O2/c12-7-2-3-9-8(6-7)10(16)15(5-1-4-13)11(17)14-9/h2-3,6H,1,4-5,13H2,(H,14,17). The molecule has 1 heterocycles. The monoisotopic (exact) mass is 237 g/mol. The predicted molar refractivity (Wildman–Crippen MR) is 62.5 cm³/mol. The Morgan fingerprint density at radius 3 is 2.82 bits per heavy atom. The van der Waals surface area contributed by atoms with Crippen LogP contribution in [0.4, 0.5) is 4.39 Å². The lowest BCUT2D eigenvalue weighted by atomic mass is 10.2. The third-order valence-corrected chi connectivity index (χ3v) is 2.53. The Labute approximate surface area is 95.7 Å². The second-order valence-corrected chi connectivity index (χ2v) is 3.72. The van der Waals surface area contributed by atoms with Crippen molar-refractivity contribution in [3.8, 4) is 0 Å². The zero-order chi connectivity index (χ0) is 12.4. The number of aromatic amines is 1. The second-order valence-electron chi connectivity index (χ2n) is 3.72. The molecule has 1 aromatic heterocycles. The second kappa shape index (κ2) is 4.50. The SMILES string of the molecule is NCCCn1c(=O)[nH]c2ccc(F)cc2c1=O. The highest BCUT2D eigenvalue weighted by molar-refractivity contribution is 5.77. The van der Waals surface area contributed by atoms with Gasteiger partial charge in [0.1, 0.15) is 5.82 Å². The van der Waals surface area contributed by atoms with Gasteiger partial charge in [-0.25, -0.2) is 9.18 Å². The van der Waals surface area contributed by atoms with Crippen LogP contribution in [0.25, 0.3) is 10.9 Å². The van der Waals surface area contributed by atoms with Gasteiger partial charge in [-0.15, -0.1) is 0 Å². The normalized spacial score (nSPS) is 10.9. The summed E-state index contributed by atoms with van der Waals surface area (Å²) < 4.78 is 14.1. The van der Waals surface area contributed by atoms with Gasteiger partial charge in [0.05, 0.1) is 10.9 Å². The molecule has 0 aliphatic carbocycles. The topological polar surface area (TPSA) is 80.9 Å². The van der Waals surface area contributed by atoms with Crippen LogP contribution in [0, 0.1) is 5.82 Å². The van der Waals surface area contributed by atoms with Crippen LogP contribution < -0.4 is 17.0 Å². The van der Waals surface area contributed by atoms with E-state index >= 15 is 0 Å². The van der Waals surface area contributed by atoms with Crippen molar-refractivity contribution in [2.24, 2.45) is 5.73 Å². The van der Waals surface area contributed by atoms with Gasteiger partial charge in [0.25, 0.3) is 5.56 Å². The number of halogens is 1. The van der Waals surface area contributed by atoms with Crippen molar-refractivity contribution < 1.29 is 4.39 Å². The van der Waals surface area contributed by atoms with Gasteiger partial charge in [-0.2, -0.15) is 0 Å². The molecule has 2 rings (SSSR count). The van der Waals surface area contributed by atoms with E-state index in [0.29, 0.717) is 18.5 Å². The van der Waals surface area contributed by atoms with Crippen LogP contribution >= 0.6 is 0 Å². The molecule has 0 atom stereocenters.